The molecule has 0 spiro atoms. The van der Waals surface area contributed by atoms with E-state index >= 15 is 0 Å². The van der Waals surface area contributed by atoms with Crippen molar-refractivity contribution in [2.45, 2.75) is 25.5 Å². The Morgan fingerprint density at radius 3 is 2.93 bits per heavy atom. The third-order valence-electron chi connectivity index (χ3n) is 2.24. The van der Waals surface area contributed by atoms with E-state index in [1.807, 2.05) is 23.8 Å². The number of hydrogen-bond donors (Lipinski definition) is 3. The predicted molar refractivity (Wildman–Crippen MR) is 60.6 cm³/mol. The number of carbonyl (C=O) groups is 1. The number of aliphatic hydroxyl groups excluding tert-OH is 1. The lowest BCUT2D eigenvalue weighted by Crippen LogP contribution is -2.42. The molecule has 0 aliphatic heterocycles. The third kappa shape index (κ3) is 3.62. The smallest absolute Gasteiger partial charge is 0.234 e. The van der Waals surface area contributed by atoms with Gasteiger partial charge >= 0.3 is 0 Å². The summed E-state index contributed by atoms with van der Waals surface area (Å²) in [6, 6.07) is 1.50. The lowest BCUT2D eigenvalue weighted by Gasteiger charge is -2.16. The molecule has 1 amide bonds. The van der Waals surface area contributed by atoms with Crippen molar-refractivity contribution < 1.29 is 9.90 Å². The molecule has 1 rings (SSSR count). The zero-order valence-electron chi connectivity index (χ0n) is 8.64. The Labute approximate surface area is 93.1 Å². The van der Waals surface area contributed by atoms with Crippen LogP contribution < -0.4 is 11.1 Å². The van der Waals surface area contributed by atoms with Crippen LogP contribution in [0.2, 0.25) is 0 Å². The van der Waals surface area contributed by atoms with E-state index in [4.69, 9.17) is 5.73 Å². The molecule has 0 aliphatic carbocycles. The predicted octanol–water partition coefficient (Wildman–Crippen LogP) is 0.635. The number of amides is 1. The summed E-state index contributed by atoms with van der Waals surface area (Å²) in [5.41, 5.74) is 6.04. The first-order valence-electron chi connectivity index (χ1n) is 4.88. The summed E-state index contributed by atoms with van der Waals surface area (Å²) in [6.07, 6.45) is 0.0516. The van der Waals surface area contributed by atoms with Gasteiger partial charge in [-0.3, -0.25) is 4.79 Å². The molecule has 5 heteroatoms. The van der Waals surface area contributed by atoms with Gasteiger partial charge in [0.05, 0.1) is 12.1 Å². The van der Waals surface area contributed by atoms with Crippen LogP contribution >= 0.6 is 11.3 Å². The minimum Gasteiger partial charge on any atom is -0.387 e. The van der Waals surface area contributed by atoms with E-state index in [0.29, 0.717) is 13.0 Å². The second-order valence-corrected chi connectivity index (χ2v) is 4.12. The molecular weight excluding hydrogens is 212 g/mol. The maximum Gasteiger partial charge on any atom is 0.234 e. The molecule has 0 radical (unpaired) electrons. The van der Waals surface area contributed by atoms with Crippen molar-refractivity contribution in [3.8, 4) is 0 Å². The fraction of sp³-hybridized carbons (Fsp3) is 0.500. The maximum absolute atomic E-state index is 10.9. The molecule has 0 bridgehead atoms. The van der Waals surface area contributed by atoms with Crippen molar-refractivity contribution in [3.05, 3.63) is 22.4 Å². The normalized spacial score (nSPS) is 14.8. The van der Waals surface area contributed by atoms with Crippen LogP contribution in [0.25, 0.3) is 0 Å². The van der Waals surface area contributed by atoms with Gasteiger partial charge in [-0.05, 0) is 28.8 Å². The van der Waals surface area contributed by atoms with E-state index < -0.39 is 6.10 Å². The Balaban J connectivity index is 2.39. The minimum absolute atomic E-state index is 0.345. The largest absolute Gasteiger partial charge is 0.387 e. The van der Waals surface area contributed by atoms with Crippen molar-refractivity contribution in [1.82, 2.24) is 5.32 Å². The highest BCUT2D eigenvalue weighted by molar-refractivity contribution is 7.07. The van der Waals surface area contributed by atoms with Gasteiger partial charge in [-0.1, -0.05) is 6.92 Å². The molecule has 4 N–H and O–H groups in total. The molecule has 0 saturated carbocycles. The van der Waals surface area contributed by atoms with Gasteiger partial charge in [0.25, 0.3) is 0 Å². The highest BCUT2D eigenvalue weighted by atomic mass is 32.1. The fourth-order valence-electron chi connectivity index (χ4n) is 1.28. The van der Waals surface area contributed by atoms with Crippen molar-refractivity contribution in [2.24, 2.45) is 5.73 Å². The maximum atomic E-state index is 10.9. The average molecular weight is 228 g/mol. The van der Waals surface area contributed by atoms with E-state index in [1.165, 1.54) is 11.3 Å². The monoisotopic (exact) mass is 228 g/mol. The van der Waals surface area contributed by atoms with Crippen LogP contribution in [0.1, 0.15) is 25.0 Å². The quantitative estimate of drug-likeness (QED) is 0.668. The van der Waals surface area contributed by atoms with E-state index in [-0.39, 0.29) is 11.9 Å². The number of hydrogen-bond acceptors (Lipinski definition) is 4. The molecular formula is C10H16N2O2S. The molecule has 2 atom stereocenters. The highest BCUT2D eigenvalue weighted by Crippen LogP contribution is 2.15. The number of thiophene rings is 1. The summed E-state index contributed by atoms with van der Waals surface area (Å²) in [7, 11) is 0. The molecule has 84 valence electrons. The van der Waals surface area contributed by atoms with E-state index in [2.05, 4.69) is 5.32 Å². The zero-order valence-corrected chi connectivity index (χ0v) is 9.46. The molecule has 15 heavy (non-hydrogen) atoms. The lowest BCUT2D eigenvalue weighted by atomic mass is 10.1. The molecule has 0 aromatic carbocycles. The zero-order chi connectivity index (χ0) is 11.3. The summed E-state index contributed by atoms with van der Waals surface area (Å²) in [5, 5.41) is 16.5. The SMILES string of the molecule is CCC(NCC(O)c1ccsc1)C(N)=O. The van der Waals surface area contributed by atoms with Gasteiger partial charge in [0.15, 0.2) is 0 Å². The van der Waals surface area contributed by atoms with E-state index in [9.17, 15) is 9.90 Å². The van der Waals surface area contributed by atoms with Gasteiger partial charge in [0, 0.05) is 6.54 Å². The van der Waals surface area contributed by atoms with Crippen LogP contribution in [0.3, 0.4) is 0 Å². The Hall–Kier alpha value is -0.910. The number of rotatable bonds is 6. The van der Waals surface area contributed by atoms with Gasteiger partial charge in [0.2, 0.25) is 5.91 Å². The van der Waals surface area contributed by atoms with E-state index in [0.717, 1.165) is 5.56 Å². The van der Waals surface area contributed by atoms with Crippen LogP contribution in [-0.2, 0) is 4.79 Å². The van der Waals surface area contributed by atoms with Crippen LogP contribution in [-0.4, -0.2) is 23.6 Å². The molecule has 1 aromatic heterocycles. The standard InChI is InChI=1S/C10H16N2O2S/c1-2-8(10(11)14)12-5-9(13)7-3-4-15-6-7/h3-4,6,8-9,12-13H,2,5H2,1H3,(H2,11,14). The highest BCUT2D eigenvalue weighted by Gasteiger charge is 2.14. The third-order valence-corrected chi connectivity index (χ3v) is 2.94. The minimum atomic E-state index is -0.579. The molecule has 0 aliphatic rings. The van der Waals surface area contributed by atoms with Crippen molar-refractivity contribution in [1.29, 1.82) is 0 Å². The topological polar surface area (TPSA) is 75.3 Å². The van der Waals surface area contributed by atoms with Crippen LogP contribution in [0.15, 0.2) is 16.8 Å². The Kier molecular flexibility index (Phi) is 4.74. The van der Waals surface area contributed by atoms with Crippen molar-refractivity contribution in [3.63, 3.8) is 0 Å². The number of carbonyl (C=O) groups excluding carboxylic acids is 1. The van der Waals surface area contributed by atoms with Crippen LogP contribution in [0.5, 0.6) is 0 Å². The first kappa shape index (κ1) is 12.2. The number of nitrogens with two attached hydrogens (primary N) is 1. The molecule has 1 heterocycles. The second-order valence-electron chi connectivity index (χ2n) is 3.34. The number of primary amides is 1. The van der Waals surface area contributed by atoms with Gasteiger partial charge < -0.3 is 16.2 Å². The Bertz CT molecular complexity index is 300. The summed E-state index contributed by atoms with van der Waals surface area (Å²) < 4.78 is 0. The van der Waals surface area contributed by atoms with Crippen LogP contribution in [0, 0.1) is 0 Å². The van der Waals surface area contributed by atoms with Gasteiger partial charge in [-0.2, -0.15) is 11.3 Å². The van der Waals surface area contributed by atoms with E-state index in [1.54, 1.807) is 0 Å². The summed E-state index contributed by atoms with van der Waals surface area (Å²) in [6.45, 7) is 2.22. The lowest BCUT2D eigenvalue weighted by molar-refractivity contribution is -0.120. The summed E-state index contributed by atoms with van der Waals surface area (Å²) >= 11 is 1.53. The second kappa shape index (κ2) is 5.85. The Morgan fingerprint density at radius 1 is 1.73 bits per heavy atom. The van der Waals surface area contributed by atoms with Gasteiger partial charge in [-0.25, -0.2) is 0 Å². The number of aliphatic hydroxyl groups is 1. The molecule has 1 aromatic rings. The summed E-state index contributed by atoms with van der Waals surface area (Å²) in [4.78, 5) is 10.9. The molecule has 0 saturated heterocycles. The number of nitrogens with one attached hydrogen (secondary N) is 1. The molecule has 2 unspecified atom stereocenters. The Morgan fingerprint density at radius 2 is 2.47 bits per heavy atom. The van der Waals surface area contributed by atoms with Crippen LogP contribution in [0.4, 0.5) is 0 Å². The fourth-order valence-corrected chi connectivity index (χ4v) is 1.99. The van der Waals surface area contributed by atoms with Crippen molar-refractivity contribution in [2.75, 3.05) is 6.54 Å². The first-order valence-corrected chi connectivity index (χ1v) is 5.82. The molecule has 4 nitrogen and oxygen atoms in total. The first-order chi connectivity index (χ1) is 7.15. The summed E-state index contributed by atoms with van der Waals surface area (Å²) in [5.74, 6) is -0.380. The van der Waals surface area contributed by atoms with Gasteiger partial charge in [-0.15, -0.1) is 0 Å². The van der Waals surface area contributed by atoms with Crippen molar-refractivity contribution >= 4 is 17.2 Å². The van der Waals surface area contributed by atoms with Gasteiger partial charge in [0.1, 0.15) is 0 Å². The average Bonchev–Trinajstić information content (AvgIpc) is 2.70. The molecule has 0 fully saturated rings.